The standard InChI is InChI=1S/C49H30N4/c1-50-43-31-35(27-28-36(43)32-23-25-34(26-24-32)51-44-19-9-5-15-37(44)38-16-6-10-20-45(38)51)53-47-22-12-8-18-40(47)42-30-29-41-39-17-7-11-21-46(39)52(48(41)49(42)53)33-13-3-2-4-14-33/h2-31H. The normalized spacial score (nSPS) is 11.8. The molecule has 0 atom stereocenters. The number of para-hydroxylation sites is 5. The van der Waals surface area contributed by atoms with Crippen molar-refractivity contribution < 1.29 is 0 Å². The van der Waals surface area contributed by atoms with Gasteiger partial charge < -0.3 is 13.7 Å². The van der Waals surface area contributed by atoms with Gasteiger partial charge in [0.05, 0.1) is 39.7 Å². The van der Waals surface area contributed by atoms with Gasteiger partial charge in [-0.25, -0.2) is 4.85 Å². The van der Waals surface area contributed by atoms with Crippen molar-refractivity contribution in [3.8, 4) is 28.2 Å². The molecule has 0 aliphatic carbocycles. The summed E-state index contributed by atoms with van der Waals surface area (Å²) in [5.74, 6) is 0. The molecule has 11 aromatic rings. The van der Waals surface area contributed by atoms with E-state index < -0.39 is 0 Å². The highest BCUT2D eigenvalue weighted by Gasteiger charge is 2.22. The van der Waals surface area contributed by atoms with E-state index in [9.17, 15) is 0 Å². The van der Waals surface area contributed by atoms with Gasteiger partial charge in [0.25, 0.3) is 0 Å². The molecule has 0 spiro atoms. The zero-order chi connectivity index (χ0) is 35.0. The molecule has 3 heterocycles. The summed E-state index contributed by atoms with van der Waals surface area (Å²) in [6.45, 7) is 8.38. The number of fused-ring (bicyclic) bond motifs is 10. The lowest BCUT2D eigenvalue weighted by molar-refractivity contribution is 1.15. The van der Waals surface area contributed by atoms with E-state index in [4.69, 9.17) is 6.57 Å². The van der Waals surface area contributed by atoms with Gasteiger partial charge in [-0.05, 0) is 71.8 Å². The molecule has 0 saturated carbocycles. The molecule has 0 N–H and O–H groups in total. The fraction of sp³-hybridized carbons (Fsp3) is 0. The third kappa shape index (κ3) is 4.22. The minimum absolute atomic E-state index is 0.619. The van der Waals surface area contributed by atoms with Gasteiger partial charge in [-0.3, -0.25) is 0 Å². The topological polar surface area (TPSA) is 19.1 Å². The maximum Gasteiger partial charge on any atom is 0.196 e. The first-order valence-electron chi connectivity index (χ1n) is 17.9. The number of nitrogens with zero attached hydrogens (tertiary/aromatic N) is 4. The fourth-order valence-corrected chi connectivity index (χ4v) is 8.60. The summed E-state index contributed by atoms with van der Waals surface area (Å²) in [6, 6.07) is 64.5. The molecule has 8 aromatic carbocycles. The predicted molar refractivity (Wildman–Crippen MR) is 221 cm³/mol. The van der Waals surface area contributed by atoms with Gasteiger partial charge in [0.15, 0.2) is 5.69 Å². The molecule has 3 aromatic heterocycles. The largest absolute Gasteiger partial charge is 0.309 e. The van der Waals surface area contributed by atoms with Gasteiger partial charge in [-0.15, -0.1) is 0 Å². The van der Waals surface area contributed by atoms with Crippen LogP contribution in [-0.4, -0.2) is 13.7 Å². The molecular weight excluding hydrogens is 645 g/mol. The number of rotatable bonds is 4. The highest BCUT2D eigenvalue weighted by Crippen LogP contribution is 2.43. The second-order valence-electron chi connectivity index (χ2n) is 13.6. The SMILES string of the molecule is [C-]#[N+]c1cc(-n2c3ccccc3c3ccc4c5ccccc5n(-c5ccccc5)c4c32)ccc1-c1ccc(-n2c3ccccc3c3ccccc32)cc1. The van der Waals surface area contributed by atoms with Gasteiger partial charge >= 0.3 is 0 Å². The Bertz CT molecular complexity index is 3220. The van der Waals surface area contributed by atoms with Crippen LogP contribution < -0.4 is 0 Å². The van der Waals surface area contributed by atoms with E-state index in [-0.39, 0.29) is 0 Å². The predicted octanol–water partition coefficient (Wildman–Crippen LogP) is 13.2. The summed E-state index contributed by atoms with van der Waals surface area (Å²) in [5.41, 5.74) is 12.6. The van der Waals surface area contributed by atoms with Crippen LogP contribution >= 0.6 is 0 Å². The van der Waals surface area contributed by atoms with Crippen molar-refractivity contribution in [2.24, 2.45) is 0 Å². The molecule has 0 saturated heterocycles. The maximum absolute atomic E-state index is 8.38. The van der Waals surface area contributed by atoms with Gasteiger partial charge in [0, 0.05) is 49.4 Å². The van der Waals surface area contributed by atoms with Crippen LogP contribution in [0.3, 0.4) is 0 Å². The lowest BCUT2D eigenvalue weighted by Gasteiger charge is -2.14. The van der Waals surface area contributed by atoms with Crippen molar-refractivity contribution in [3.63, 3.8) is 0 Å². The van der Waals surface area contributed by atoms with Crippen molar-refractivity contribution in [1.29, 1.82) is 0 Å². The average molecular weight is 675 g/mol. The van der Waals surface area contributed by atoms with Crippen LogP contribution in [0.25, 0.3) is 98.5 Å². The number of hydrogen-bond acceptors (Lipinski definition) is 0. The van der Waals surface area contributed by atoms with E-state index in [0.717, 1.165) is 44.7 Å². The second-order valence-corrected chi connectivity index (χ2v) is 13.6. The molecule has 4 heteroatoms. The second kappa shape index (κ2) is 11.3. The van der Waals surface area contributed by atoms with Crippen molar-refractivity contribution in [2.45, 2.75) is 0 Å². The van der Waals surface area contributed by atoms with E-state index in [1.54, 1.807) is 0 Å². The van der Waals surface area contributed by atoms with Crippen LogP contribution in [0.4, 0.5) is 5.69 Å². The molecule has 0 radical (unpaired) electrons. The maximum atomic E-state index is 8.38. The Morgan fingerprint density at radius 3 is 1.28 bits per heavy atom. The zero-order valence-corrected chi connectivity index (χ0v) is 28.6. The smallest absolute Gasteiger partial charge is 0.196 e. The van der Waals surface area contributed by atoms with Gasteiger partial charge in [-0.1, -0.05) is 121 Å². The molecule has 0 aliphatic heterocycles. The first kappa shape index (κ1) is 29.4. The van der Waals surface area contributed by atoms with Crippen molar-refractivity contribution in [2.75, 3.05) is 0 Å². The zero-order valence-electron chi connectivity index (χ0n) is 28.6. The Balaban J connectivity index is 1.11. The summed E-state index contributed by atoms with van der Waals surface area (Å²) in [7, 11) is 0. The summed E-state index contributed by atoms with van der Waals surface area (Å²) in [5, 5.41) is 7.26. The van der Waals surface area contributed by atoms with Crippen molar-refractivity contribution in [3.05, 3.63) is 193 Å². The first-order chi connectivity index (χ1) is 26.3. The Morgan fingerprint density at radius 2 is 0.755 bits per heavy atom. The van der Waals surface area contributed by atoms with Gasteiger partial charge in [0.2, 0.25) is 0 Å². The highest BCUT2D eigenvalue weighted by atomic mass is 15.0. The van der Waals surface area contributed by atoms with Crippen LogP contribution in [0.1, 0.15) is 0 Å². The van der Waals surface area contributed by atoms with Crippen molar-refractivity contribution in [1.82, 2.24) is 13.7 Å². The summed E-state index contributed by atoms with van der Waals surface area (Å²) < 4.78 is 7.07. The molecule has 0 aliphatic rings. The summed E-state index contributed by atoms with van der Waals surface area (Å²) >= 11 is 0. The lowest BCUT2D eigenvalue weighted by atomic mass is 10.0. The third-order valence-corrected chi connectivity index (χ3v) is 10.9. The Hall–Kier alpha value is -7.35. The van der Waals surface area contributed by atoms with Crippen LogP contribution in [0, 0.1) is 6.57 Å². The third-order valence-electron chi connectivity index (χ3n) is 10.9. The average Bonchev–Trinajstić information content (AvgIpc) is 3.87. The molecular formula is C49H30N4. The van der Waals surface area contributed by atoms with Gasteiger partial charge in [-0.2, -0.15) is 0 Å². The molecule has 11 rings (SSSR count). The molecule has 246 valence electrons. The number of aromatic nitrogens is 3. The Labute approximate surface area is 305 Å². The summed E-state index contributed by atoms with van der Waals surface area (Å²) in [4.78, 5) is 4.12. The molecule has 0 bridgehead atoms. The first-order valence-corrected chi connectivity index (χ1v) is 17.9. The van der Waals surface area contributed by atoms with Gasteiger partial charge in [0.1, 0.15) is 0 Å². The van der Waals surface area contributed by atoms with E-state index in [1.807, 2.05) is 0 Å². The molecule has 0 amide bonds. The van der Waals surface area contributed by atoms with E-state index in [1.165, 1.54) is 48.9 Å². The van der Waals surface area contributed by atoms with Crippen LogP contribution in [0.15, 0.2) is 182 Å². The molecule has 0 fully saturated rings. The highest BCUT2D eigenvalue weighted by molar-refractivity contribution is 6.24. The van der Waals surface area contributed by atoms with E-state index in [0.29, 0.717) is 5.69 Å². The summed E-state index contributed by atoms with van der Waals surface area (Å²) in [6.07, 6.45) is 0. The van der Waals surface area contributed by atoms with Crippen LogP contribution in [-0.2, 0) is 0 Å². The monoisotopic (exact) mass is 674 g/mol. The molecule has 0 unspecified atom stereocenters. The fourth-order valence-electron chi connectivity index (χ4n) is 8.60. The lowest BCUT2D eigenvalue weighted by Crippen LogP contribution is -1.98. The molecule has 4 nitrogen and oxygen atoms in total. The number of benzene rings is 8. The van der Waals surface area contributed by atoms with Crippen LogP contribution in [0.2, 0.25) is 0 Å². The van der Waals surface area contributed by atoms with Crippen molar-refractivity contribution >= 4 is 71.1 Å². The number of hydrogen-bond donors (Lipinski definition) is 0. The van der Waals surface area contributed by atoms with Crippen LogP contribution in [0.5, 0.6) is 0 Å². The quantitative estimate of drug-likeness (QED) is 0.166. The minimum atomic E-state index is 0.619. The Morgan fingerprint density at radius 1 is 0.340 bits per heavy atom. The van der Waals surface area contributed by atoms with E-state index >= 15 is 0 Å². The Kier molecular flexibility index (Phi) is 6.28. The molecule has 53 heavy (non-hydrogen) atoms. The minimum Gasteiger partial charge on any atom is -0.309 e. The van der Waals surface area contributed by atoms with E-state index in [2.05, 4.69) is 201 Å².